The van der Waals surface area contributed by atoms with E-state index in [1.54, 1.807) is 40.7 Å². The van der Waals surface area contributed by atoms with Crippen LogP contribution in [0.2, 0.25) is 0 Å². The molecule has 41 heavy (non-hydrogen) atoms. The lowest BCUT2D eigenvalue weighted by molar-refractivity contribution is -0.129. The number of imide groups is 1. The van der Waals surface area contributed by atoms with Gasteiger partial charge < -0.3 is 14.8 Å². The van der Waals surface area contributed by atoms with E-state index in [0.717, 1.165) is 16.5 Å². The molecule has 1 atom stereocenters. The summed E-state index contributed by atoms with van der Waals surface area (Å²) >= 11 is 0. The summed E-state index contributed by atoms with van der Waals surface area (Å²) < 4.78 is 52.9. The molecular formula is C30H31F3N4O4. The van der Waals surface area contributed by atoms with Crippen LogP contribution in [-0.2, 0) is 16.0 Å². The maximum absolute atomic E-state index is 14.9. The molecule has 0 radical (unpaired) electrons. The Bertz CT molecular complexity index is 1580. The number of hydrogen-bond acceptors (Lipinski definition) is 7. The Hall–Kier alpha value is -4.15. The molecular weight excluding hydrogens is 537 g/mol. The monoisotopic (exact) mass is 568 g/mol. The average molecular weight is 569 g/mol. The molecule has 0 fully saturated rings. The third kappa shape index (κ3) is 5.57. The molecule has 11 heteroatoms. The van der Waals surface area contributed by atoms with E-state index < -0.39 is 41.4 Å². The summed E-state index contributed by atoms with van der Waals surface area (Å²) in [4.78, 5) is 35.8. The Morgan fingerprint density at radius 2 is 1.93 bits per heavy atom. The van der Waals surface area contributed by atoms with Crippen molar-refractivity contribution in [3.8, 4) is 5.75 Å². The van der Waals surface area contributed by atoms with E-state index in [4.69, 9.17) is 9.47 Å². The van der Waals surface area contributed by atoms with Crippen molar-refractivity contribution in [3.63, 3.8) is 0 Å². The number of nitrogens with zero attached hydrogens (tertiary/aromatic N) is 3. The van der Waals surface area contributed by atoms with Gasteiger partial charge in [0.05, 0.1) is 36.7 Å². The lowest BCUT2D eigenvalue weighted by Gasteiger charge is -2.28. The molecule has 3 heterocycles. The normalized spacial score (nSPS) is 16.0. The van der Waals surface area contributed by atoms with Gasteiger partial charge in [0, 0.05) is 28.5 Å². The van der Waals surface area contributed by atoms with E-state index in [2.05, 4.69) is 15.3 Å². The predicted molar refractivity (Wildman–Crippen MR) is 147 cm³/mol. The van der Waals surface area contributed by atoms with Gasteiger partial charge in [0.25, 0.3) is 6.43 Å². The summed E-state index contributed by atoms with van der Waals surface area (Å²) in [6.45, 7) is 9.07. The molecule has 0 bridgehead atoms. The van der Waals surface area contributed by atoms with Crippen LogP contribution in [0.3, 0.4) is 0 Å². The van der Waals surface area contributed by atoms with Crippen molar-refractivity contribution in [1.29, 1.82) is 0 Å². The summed E-state index contributed by atoms with van der Waals surface area (Å²) in [5.74, 6) is 0.125. The van der Waals surface area contributed by atoms with Crippen LogP contribution in [0.4, 0.5) is 23.8 Å². The van der Waals surface area contributed by atoms with Crippen LogP contribution in [0.15, 0.2) is 30.3 Å². The molecule has 1 N–H and O–H groups in total. The molecule has 0 saturated heterocycles. The smallest absolute Gasteiger partial charge is 0.417 e. The maximum Gasteiger partial charge on any atom is 0.417 e. The minimum absolute atomic E-state index is 0.0436. The van der Waals surface area contributed by atoms with Crippen LogP contribution in [0.5, 0.6) is 5.75 Å². The quantitative estimate of drug-likeness (QED) is 0.367. The van der Waals surface area contributed by atoms with Gasteiger partial charge >= 0.3 is 6.09 Å². The number of hydrogen-bond donors (Lipinski definition) is 1. The molecule has 0 unspecified atom stereocenters. The van der Waals surface area contributed by atoms with E-state index >= 15 is 0 Å². The second kappa shape index (κ2) is 10.7. The molecule has 2 aliphatic heterocycles. The maximum atomic E-state index is 14.9. The number of rotatable bonds is 5. The number of nitrogens with one attached hydrogen (secondary N) is 1. The Morgan fingerprint density at radius 3 is 2.61 bits per heavy atom. The van der Waals surface area contributed by atoms with Gasteiger partial charge in [0.15, 0.2) is 0 Å². The van der Waals surface area contributed by atoms with Crippen LogP contribution < -0.4 is 10.1 Å². The molecule has 0 saturated carbocycles. The van der Waals surface area contributed by atoms with E-state index in [0.29, 0.717) is 52.5 Å². The number of ether oxygens (including phenoxy) is 2. The zero-order valence-corrected chi connectivity index (χ0v) is 23.5. The van der Waals surface area contributed by atoms with Crippen molar-refractivity contribution >= 4 is 34.3 Å². The van der Waals surface area contributed by atoms with Gasteiger partial charge in [-0.1, -0.05) is 24.3 Å². The summed E-state index contributed by atoms with van der Waals surface area (Å²) in [5.41, 5.74) is 1.56. The van der Waals surface area contributed by atoms with Crippen molar-refractivity contribution in [2.24, 2.45) is 0 Å². The van der Waals surface area contributed by atoms with Crippen molar-refractivity contribution in [2.45, 2.75) is 65.5 Å². The number of halogens is 3. The topological polar surface area (TPSA) is 93.7 Å². The van der Waals surface area contributed by atoms with Crippen molar-refractivity contribution in [2.75, 3.05) is 18.5 Å². The number of benzene rings is 2. The molecule has 2 amide bonds. The highest BCUT2D eigenvalue weighted by atomic mass is 19.3. The molecule has 2 aromatic carbocycles. The van der Waals surface area contributed by atoms with Gasteiger partial charge in [-0.3, -0.25) is 4.79 Å². The summed E-state index contributed by atoms with van der Waals surface area (Å²) in [6.07, 6.45) is -1.30. The minimum Gasteiger partial charge on any atom is -0.492 e. The predicted octanol–water partition coefficient (Wildman–Crippen LogP) is 6.67. The first-order valence-electron chi connectivity index (χ1n) is 13.4. The molecule has 0 aliphatic carbocycles. The van der Waals surface area contributed by atoms with Gasteiger partial charge in [-0.05, 0) is 46.3 Å². The SMILES string of the molecule is Cc1nc(N[C@H](C)c2cccc(C(F)F)c2F)c2cc(C3=CCN(C(=O)OC(C)(C)C)C(=O)C3)c3c(c2n1)CCO3. The van der Waals surface area contributed by atoms with E-state index in [-0.39, 0.29) is 18.5 Å². The number of aryl methyl sites for hydroxylation is 1. The van der Waals surface area contributed by atoms with Gasteiger partial charge in [0.2, 0.25) is 5.91 Å². The first-order chi connectivity index (χ1) is 19.3. The number of aromatic nitrogens is 2. The number of fused-ring (bicyclic) bond motifs is 3. The number of alkyl halides is 2. The van der Waals surface area contributed by atoms with Crippen LogP contribution >= 0.6 is 0 Å². The van der Waals surface area contributed by atoms with E-state index in [9.17, 15) is 22.8 Å². The highest BCUT2D eigenvalue weighted by Gasteiger charge is 2.32. The lowest BCUT2D eigenvalue weighted by atomic mass is 9.93. The van der Waals surface area contributed by atoms with Crippen molar-refractivity contribution < 1.29 is 32.2 Å². The van der Waals surface area contributed by atoms with Gasteiger partial charge in [-0.2, -0.15) is 0 Å². The standard InChI is InChI=1S/C30H31F3N4O4/c1-15(18-7-6-8-19(24(18)31)27(32)33)34-28-22-14-21(26-20(10-12-40-26)25(22)35-16(2)36-28)17-9-11-37(23(38)13-17)29(39)41-30(3,4)5/h6-9,14-15,27H,10-13H2,1-5H3,(H,34,35,36)/t15-/m1/s1. The minimum atomic E-state index is -2.94. The van der Waals surface area contributed by atoms with Gasteiger partial charge in [0.1, 0.15) is 28.8 Å². The zero-order chi connectivity index (χ0) is 29.6. The number of anilines is 1. The number of amides is 2. The largest absolute Gasteiger partial charge is 0.492 e. The zero-order valence-electron chi connectivity index (χ0n) is 23.5. The summed E-state index contributed by atoms with van der Waals surface area (Å²) in [7, 11) is 0. The number of carbonyl (C=O) groups excluding carboxylic acids is 2. The highest BCUT2D eigenvalue weighted by molar-refractivity contribution is 6.03. The van der Waals surface area contributed by atoms with Gasteiger partial charge in [-0.25, -0.2) is 32.8 Å². The molecule has 2 aliphatic rings. The molecule has 0 spiro atoms. The molecule has 3 aromatic rings. The fraction of sp³-hybridized carbons (Fsp3) is 0.400. The molecule has 5 rings (SSSR count). The first-order valence-corrected chi connectivity index (χ1v) is 13.4. The molecule has 1 aromatic heterocycles. The highest BCUT2D eigenvalue weighted by Crippen LogP contribution is 2.43. The van der Waals surface area contributed by atoms with Crippen LogP contribution in [0, 0.1) is 12.7 Å². The molecule has 216 valence electrons. The van der Waals surface area contributed by atoms with Crippen LogP contribution in [0.1, 0.15) is 74.7 Å². The Morgan fingerprint density at radius 1 is 1.20 bits per heavy atom. The van der Waals surface area contributed by atoms with Crippen LogP contribution in [-0.4, -0.2) is 45.6 Å². The Kier molecular flexibility index (Phi) is 7.39. The second-order valence-electron chi connectivity index (χ2n) is 11.2. The number of carbonyl (C=O) groups is 2. The fourth-order valence-electron chi connectivity index (χ4n) is 5.12. The van der Waals surface area contributed by atoms with Crippen molar-refractivity contribution in [3.05, 3.63) is 64.2 Å². The van der Waals surface area contributed by atoms with Gasteiger partial charge in [-0.15, -0.1) is 0 Å². The average Bonchev–Trinajstić information content (AvgIpc) is 3.37. The lowest BCUT2D eigenvalue weighted by Crippen LogP contribution is -2.42. The van der Waals surface area contributed by atoms with E-state index in [1.807, 2.05) is 6.07 Å². The third-order valence-electron chi connectivity index (χ3n) is 6.99. The second-order valence-corrected chi connectivity index (χ2v) is 11.2. The van der Waals surface area contributed by atoms with E-state index in [1.165, 1.54) is 12.1 Å². The third-order valence-corrected chi connectivity index (χ3v) is 6.99. The van der Waals surface area contributed by atoms with Crippen LogP contribution in [0.25, 0.3) is 16.5 Å². The summed E-state index contributed by atoms with van der Waals surface area (Å²) in [6, 6.07) is 5.05. The molecule has 8 nitrogen and oxygen atoms in total. The Labute approximate surface area is 235 Å². The Balaban J connectivity index is 1.54. The first kappa shape index (κ1) is 28.4. The summed E-state index contributed by atoms with van der Waals surface area (Å²) in [5, 5.41) is 3.81. The fourth-order valence-corrected chi connectivity index (χ4v) is 5.12. The van der Waals surface area contributed by atoms with Crippen molar-refractivity contribution in [1.82, 2.24) is 14.9 Å².